The number of hydrogen-bond acceptors (Lipinski definition) is 2. The van der Waals surface area contributed by atoms with Crippen LogP contribution in [-0.4, -0.2) is 12.5 Å². The van der Waals surface area contributed by atoms with Crippen LogP contribution in [0.4, 0.5) is 13.2 Å². The van der Waals surface area contributed by atoms with Crippen molar-refractivity contribution in [1.29, 1.82) is 0 Å². The van der Waals surface area contributed by atoms with E-state index in [1.807, 2.05) is 30.3 Å². The smallest absolute Gasteiger partial charge is 0.417 e. The molecule has 2 nitrogen and oxygen atoms in total. The zero-order chi connectivity index (χ0) is 14.9. The molecule has 0 radical (unpaired) electrons. The van der Waals surface area contributed by atoms with Gasteiger partial charge >= 0.3 is 6.18 Å². The third-order valence-corrected chi connectivity index (χ3v) is 3.30. The summed E-state index contributed by atoms with van der Waals surface area (Å²) in [6.45, 7) is 0.255. The molecule has 1 atom stereocenters. The predicted molar refractivity (Wildman–Crippen MR) is 73.1 cm³/mol. The molecular formula is C16H12F3NO. The van der Waals surface area contributed by atoms with Gasteiger partial charge in [-0.15, -0.1) is 0 Å². The molecule has 0 saturated heterocycles. The molecule has 0 saturated carbocycles. The molecule has 1 aliphatic heterocycles. The van der Waals surface area contributed by atoms with Gasteiger partial charge in [0.15, 0.2) is 0 Å². The van der Waals surface area contributed by atoms with Crippen LogP contribution in [0, 0.1) is 0 Å². The van der Waals surface area contributed by atoms with E-state index in [0.29, 0.717) is 0 Å². The van der Waals surface area contributed by atoms with Crippen molar-refractivity contribution in [3.63, 3.8) is 0 Å². The largest absolute Gasteiger partial charge is 0.475 e. The molecule has 3 rings (SSSR count). The molecule has 0 fully saturated rings. The van der Waals surface area contributed by atoms with Gasteiger partial charge in [-0.3, -0.25) is 0 Å². The summed E-state index contributed by atoms with van der Waals surface area (Å²) in [5.41, 5.74) is 0.192. The van der Waals surface area contributed by atoms with Gasteiger partial charge in [0.05, 0.1) is 5.56 Å². The Balaban J connectivity index is 1.96. The SMILES string of the molecule is FC(F)(F)c1ccccc1C1=NC(c2ccccc2)CO1. The first-order valence-electron chi connectivity index (χ1n) is 6.48. The lowest BCUT2D eigenvalue weighted by Crippen LogP contribution is -2.13. The highest BCUT2D eigenvalue weighted by molar-refractivity contribution is 5.96. The minimum atomic E-state index is -4.42. The van der Waals surface area contributed by atoms with Gasteiger partial charge in [0.1, 0.15) is 12.6 Å². The first kappa shape index (κ1) is 13.7. The van der Waals surface area contributed by atoms with E-state index in [9.17, 15) is 13.2 Å². The molecule has 1 aliphatic rings. The van der Waals surface area contributed by atoms with Crippen molar-refractivity contribution in [2.24, 2.45) is 4.99 Å². The molecule has 0 spiro atoms. The third-order valence-electron chi connectivity index (χ3n) is 3.30. The highest BCUT2D eigenvalue weighted by Gasteiger charge is 2.36. The minimum absolute atomic E-state index is 0.0107. The molecule has 2 aromatic carbocycles. The van der Waals surface area contributed by atoms with Crippen molar-refractivity contribution >= 4 is 5.90 Å². The van der Waals surface area contributed by atoms with Crippen molar-refractivity contribution in [3.05, 3.63) is 71.3 Å². The monoisotopic (exact) mass is 291 g/mol. The average molecular weight is 291 g/mol. The van der Waals surface area contributed by atoms with Gasteiger partial charge in [-0.25, -0.2) is 4.99 Å². The molecule has 5 heteroatoms. The number of ether oxygens (including phenoxy) is 1. The lowest BCUT2D eigenvalue weighted by molar-refractivity contribution is -0.137. The fourth-order valence-corrected chi connectivity index (χ4v) is 2.28. The van der Waals surface area contributed by atoms with E-state index in [-0.39, 0.29) is 24.1 Å². The van der Waals surface area contributed by atoms with Crippen LogP contribution in [0.1, 0.15) is 22.7 Å². The Labute approximate surface area is 119 Å². The number of hydrogen-bond donors (Lipinski definition) is 0. The first-order chi connectivity index (χ1) is 10.1. The molecule has 2 aromatic rings. The predicted octanol–water partition coefficient (Wildman–Crippen LogP) is 4.22. The maximum absolute atomic E-state index is 13.0. The van der Waals surface area contributed by atoms with Crippen molar-refractivity contribution in [3.8, 4) is 0 Å². The Morgan fingerprint density at radius 2 is 1.62 bits per heavy atom. The summed E-state index contributed by atoms with van der Waals surface area (Å²) in [5.74, 6) is 0.0526. The average Bonchev–Trinajstić information content (AvgIpc) is 2.97. The maximum atomic E-state index is 13.0. The Kier molecular flexibility index (Phi) is 3.41. The molecular weight excluding hydrogens is 279 g/mol. The standard InChI is InChI=1S/C16H12F3NO/c17-16(18,19)13-9-5-4-8-12(13)15-20-14(10-21-15)11-6-2-1-3-7-11/h1-9,14H,10H2. The lowest BCUT2D eigenvalue weighted by Gasteiger charge is -2.11. The van der Waals surface area contributed by atoms with Gasteiger partial charge in [-0.1, -0.05) is 42.5 Å². The maximum Gasteiger partial charge on any atom is 0.417 e. The van der Waals surface area contributed by atoms with E-state index < -0.39 is 11.7 Å². The summed E-state index contributed by atoms with van der Waals surface area (Å²) in [4.78, 5) is 4.30. The molecule has 0 aliphatic carbocycles. The normalized spacial score (nSPS) is 18.2. The fraction of sp³-hybridized carbons (Fsp3) is 0.188. The van der Waals surface area contributed by atoms with E-state index >= 15 is 0 Å². The van der Waals surface area contributed by atoms with Crippen LogP contribution < -0.4 is 0 Å². The summed E-state index contributed by atoms with van der Waals surface area (Å²) in [7, 11) is 0. The van der Waals surface area contributed by atoms with Crippen LogP contribution in [0.25, 0.3) is 0 Å². The molecule has 0 aromatic heterocycles. The van der Waals surface area contributed by atoms with E-state index in [1.54, 1.807) is 6.07 Å². The number of alkyl halides is 3. The quantitative estimate of drug-likeness (QED) is 0.811. The number of nitrogens with zero attached hydrogens (tertiary/aromatic N) is 1. The van der Waals surface area contributed by atoms with Crippen molar-refractivity contribution in [2.45, 2.75) is 12.2 Å². The first-order valence-corrected chi connectivity index (χ1v) is 6.48. The van der Waals surface area contributed by atoms with Gasteiger partial charge in [-0.2, -0.15) is 13.2 Å². The summed E-state index contributed by atoms with van der Waals surface area (Å²) >= 11 is 0. The van der Waals surface area contributed by atoms with Gasteiger partial charge in [0.25, 0.3) is 0 Å². The minimum Gasteiger partial charge on any atom is -0.475 e. The third kappa shape index (κ3) is 2.77. The molecule has 1 heterocycles. The molecule has 108 valence electrons. The van der Waals surface area contributed by atoms with Crippen molar-refractivity contribution in [2.75, 3.05) is 6.61 Å². The summed E-state index contributed by atoms with van der Waals surface area (Å²) in [6.07, 6.45) is -4.42. The summed E-state index contributed by atoms with van der Waals surface area (Å²) < 4.78 is 44.4. The highest BCUT2D eigenvalue weighted by Crippen LogP contribution is 2.34. The Morgan fingerprint density at radius 1 is 0.952 bits per heavy atom. The number of benzene rings is 2. The molecule has 0 N–H and O–H groups in total. The van der Waals surface area contributed by atoms with Crippen molar-refractivity contribution < 1.29 is 17.9 Å². The van der Waals surface area contributed by atoms with Gasteiger partial charge < -0.3 is 4.74 Å². The van der Waals surface area contributed by atoms with Crippen LogP contribution in [0.5, 0.6) is 0 Å². The topological polar surface area (TPSA) is 21.6 Å². The molecule has 21 heavy (non-hydrogen) atoms. The Morgan fingerprint density at radius 3 is 2.33 bits per heavy atom. The summed E-state index contributed by atoms with van der Waals surface area (Å²) in [6, 6.07) is 14.4. The fourth-order valence-electron chi connectivity index (χ4n) is 2.28. The molecule has 1 unspecified atom stereocenters. The summed E-state index contributed by atoms with van der Waals surface area (Å²) in [5, 5.41) is 0. The molecule has 0 amide bonds. The zero-order valence-electron chi connectivity index (χ0n) is 11.0. The van der Waals surface area contributed by atoms with Crippen LogP contribution in [-0.2, 0) is 10.9 Å². The van der Waals surface area contributed by atoms with Gasteiger partial charge in [-0.05, 0) is 17.7 Å². The van der Waals surface area contributed by atoms with E-state index in [1.165, 1.54) is 12.1 Å². The number of halogens is 3. The van der Waals surface area contributed by atoms with Crippen molar-refractivity contribution in [1.82, 2.24) is 0 Å². The van der Waals surface area contributed by atoms with E-state index in [0.717, 1.165) is 11.6 Å². The molecule has 0 bridgehead atoms. The lowest BCUT2D eigenvalue weighted by atomic mass is 10.1. The van der Waals surface area contributed by atoms with Gasteiger partial charge in [0.2, 0.25) is 5.90 Å². The number of rotatable bonds is 2. The van der Waals surface area contributed by atoms with E-state index in [4.69, 9.17) is 4.74 Å². The Bertz CT molecular complexity index is 665. The highest BCUT2D eigenvalue weighted by atomic mass is 19.4. The second-order valence-corrected chi connectivity index (χ2v) is 4.72. The second kappa shape index (κ2) is 5.24. The van der Waals surface area contributed by atoms with Crippen LogP contribution >= 0.6 is 0 Å². The zero-order valence-corrected chi connectivity index (χ0v) is 11.0. The van der Waals surface area contributed by atoms with Crippen LogP contribution in [0.2, 0.25) is 0 Å². The van der Waals surface area contributed by atoms with Crippen LogP contribution in [0.15, 0.2) is 59.6 Å². The van der Waals surface area contributed by atoms with E-state index in [2.05, 4.69) is 4.99 Å². The number of aliphatic imine (C=N–C) groups is 1. The van der Waals surface area contributed by atoms with Gasteiger partial charge in [0, 0.05) is 5.56 Å². The van der Waals surface area contributed by atoms with Crippen LogP contribution in [0.3, 0.4) is 0 Å². The second-order valence-electron chi connectivity index (χ2n) is 4.72. The Hall–Kier alpha value is -2.30.